The molecule has 0 aliphatic heterocycles. The monoisotopic (exact) mass is 392 g/mol. The molecule has 0 radical (unpaired) electrons. The Morgan fingerprint density at radius 3 is 1.71 bits per heavy atom. The third-order valence-electron chi connectivity index (χ3n) is 2.74. The lowest BCUT2D eigenvalue weighted by Crippen LogP contribution is -2.32. The van der Waals surface area contributed by atoms with Gasteiger partial charge < -0.3 is 5.11 Å². The summed E-state index contributed by atoms with van der Waals surface area (Å²) in [4.78, 5) is 11.4. The largest absolute Gasteiger partial charge is 0.478 e. The van der Waals surface area contributed by atoms with Crippen molar-refractivity contribution in [2.45, 2.75) is 5.67 Å². The van der Waals surface area contributed by atoms with Crippen LogP contribution in [-0.2, 0) is 10.5 Å². The molecule has 2 nitrogen and oxygen atoms in total. The van der Waals surface area contributed by atoms with Gasteiger partial charge in [-0.2, -0.15) is 0 Å². The normalized spacial score (nSPS) is 10.5. The zero-order valence-corrected chi connectivity index (χ0v) is 14.1. The number of aliphatic carboxylic acids is 1. The molecule has 0 amide bonds. The fraction of sp³-hybridized carbons (Fsp3) is 0.133. The van der Waals surface area contributed by atoms with Gasteiger partial charge in [-0.1, -0.05) is 63.4 Å². The lowest BCUT2D eigenvalue weighted by atomic mass is 9.88. The zero-order chi connectivity index (χ0) is 16.0. The van der Waals surface area contributed by atoms with Gasteiger partial charge in [0.15, 0.2) is 0 Å². The minimum atomic E-state index is -2.68. The van der Waals surface area contributed by atoms with Crippen LogP contribution in [0.25, 0.3) is 0 Å². The van der Waals surface area contributed by atoms with Crippen LogP contribution in [0, 0.1) is 0 Å². The average molecular weight is 394 g/mol. The molecule has 2 rings (SSSR count). The first kappa shape index (κ1) is 18.0. The van der Waals surface area contributed by atoms with Gasteiger partial charge in [0.05, 0.1) is 0 Å². The van der Waals surface area contributed by atoms with Crippen LogP contribution in [0.15, 0.2) is 48.5 Å². The summed E-state index contributed by atoms with van der Waals surface area (Å²) in [6, 6.07) is 11.4. The van der Waals surface area contributed by atoms with Gasteiger partial charge in [0.2, 0.25) is 0 Å². The van der Waals surface area contributed by atoms with E-state index >= 15 is 4.39 Å². The highest BCUT2D eigenvalue weighted by atomic mass is 79.9. The number of carboxylic acid groups (broad SMARTS) is 1. The van der Waals surface area contributed by atoms with Gasteiger partial charge >= 0.3 is 5.97 Å². The van der Waals surface area contributed by atoms with Gasteiger partial charge in [-0.25, -0.2) is 9.18 Å². The fourth-order valence-corrected chi connectivity index (χ4v) is 2.20. The van der Waals surface area contributed by atoms with E-state index in [2.05, 4.69) is 15.9 Å². The van der Waals surface area contributed by atoms with Crippen molar-refractivity contribution in [2.75, 3.05) is 5.83 Å². The minimum Gasteiger partial charge on any atom is -0.478 e. The van der Waals surface area contributed by atoms with E-state index in [0.29, 0.717) is 0 Å². The number of hydrogen-bond donors (Lipinski definition) is 1. The van der Waals surface area contributed by atoms with E-state index in [-0.39, 0.29) is 21.2 Å². The van der Waals surface area contributed by atoms with Crippen molar-refractivity contribution in [2.24, 2.45) is 0 Å². The average Bonchev–Trinajstić information content (AvgIpc) is 2.48. The topological polar surface area (TPSA) is 37.3 Å². The number of carboxylic acids is 1. The summed E-state index contributed by atoms with van der Waals surface area (Å²) < 4.78 is 15.0. The van der Waals surface area contributed by atoms with Crippen LogP contribution in [0.3, 0.4) is 0 Å². The van der Waals surface area contributed by atoms with Crippen LogP contribution in [0.2, 0.25) is 10.0 Å². The smallest absolute Gasteiger partial charge is 0.350 e. The summed E-state index contributed by atoms with van der Waals surface area (Å²) in [6.45, 7) is 0. The number of carbonyl (C=O) groups is 1. The lowest BCUT2D eigenvalue weighted by Gasteiger charge is -2.22. The quantitative estimate of drug-likeness (QED) is 0.718. The van der Waals surface area contributed by atoms with E-state index in [4.69, 9.17) is 23.2 Å². The van der Waals surface area contributed by atoms with Crippen molar-refractivity contribution < 1.29 is 14.3 Å². The summed E-state index contributed by atoms with van der Waals surface area (Å²) >= 11 is 14.5. The van der Waals surface area contributed by atoms with Gasteiger partial charge in [-0.3, -0.25) is 0 Å². The van der Waals surface area contributed by atoms with Gasteiger partial charge in [-0.05, 0) is 30.1 Å². The Morgan fingerprint density at radius 2 is 1.43 bits per heavy atom. The Labute approximate surface area is 140 Å². The van der Waals surface area contributed by atoms with Gasteiger partial charge in [-0.15, -0.1) is 0 Å². The molecule has 1 N–H and O–H groups in total. The molecule has 0 atom stereocenters. The molecule has 2 aromatic rings. The molecule has 0 saturated carbocycles. The molecule has 0 aliphatic rings. The number of hydrogen-bond acceptors (Lipinski definition) is 1. The highest BCUT2D eigenvalue weighted by Crippen LogP contribution is 2.36. The first-order chi connectivity index (χ1) is 9.94. The summed E-state index contributed by atoms with van der Waals surface area (Å²) in [5.74, 6) is 0.199. The Hall–Kier alpha value is -1.10. The highest BCUT2D eigenvalue weighted by molar-refractivity contribution is 9.08. The molecular formula is C15H12BrCl2FO2. The first-order valence-corrected chi connectivity index (χ1v) is 8.11. The van der Waals surface area contributed by atoms with Gasteiger partial charge in [0, 0.05) is 21.2 Å². The molecule has 0 spiro atoms. The molecule has 0 heterocycles. The van der Waals surface area contributed by atoms with Crippen LogP contribution in [-0.4, -0.2) is 16.9 Å². The molecule has 0 unspecified atom stereocenters. The molecule has 0 aromatic heterocycles. The van der Waals surface area contributed by atoms with Crippen molar-refractivity contribution in [3.63, 3.8) is 0 Å². The number of rotatable bonds is 3. The summed E-state index contributed by atoms with van der Waals surface area (Å²) in [7, 11) is 0. The van der Waals surface area contributed by atoms with Crippen LogP contribution >= 0.6 is 39.1 Å². The highest BCUT2D eigenvalue weighted by Gasteiger charge is 2.43. The molecular weight excluding hydrogens is 382 g/mol. The van der Waals surface area contributed by atoms with Crippen LogP contribution in [0.1, 0.15) is 11.1 Å². The predicted molar refractivity (Wildman–Crippen MR) is 87.3 cm³/mol. The van der Waals surface area contributed by atoms with Crippen molar-refractivity contribution in [1.82, 2.24) is 0 Å². The third-order valence-corrected chi connectivity index (χ3v) is 3.21. The molecule has 0 bridgehead atoms. The second kappa shape index (κ2) is 7.78. The maximum atomic E-state index is 15.0. The molecule has 6 heteroatoms. The summed E-state index contributed by atoms with van der Waals surface area (Å²) in [5, 5.41) is 9.79. The number of benzene rings is 2. The van der Waals surface area contributed by atoms with E-state index in [1.807, 2.05) is 5.83 Å². The molecule has 0 fully saturated rings. The van der Waals surface area contributed by atoms with Crippen LogP contribution < -0.4 is 0 Å². The Balaban J connectivity index is 0.00000106. The zero-order valence-electron chi connectivity index (χ0n) is 11.0. The van der Waals surface area contributed by atoms with Crippen LogP contribution in [0.4, 0.5) is 4.39 Å². The Morgan fingerprint density at radius 1 is 1.05 bits per heavy atom. The first-order valence-electron chi connectivity index (χ1n) is 5.77. The maximum absolute atomic E-state index is 15.0. The number of halogens is 4. The van der Waals surface area contributed by atoms with Crippen molar-refractivity contribution >= 4 is 45.1 Å². The standard InChI is InChI=1S/C14H9Cl2FO2.CH3Br/c15-11-5-1-3-9(7-11)14(17,13(18)19)10-4-2-6-12(16)8-10;1-2/h1-8H,(H,18,19);1H3. The molecule has 0 saturated heterocycles. The predicted octanol–water partition coefficient (Wildman–Crippen LogP) is 5.30. The Bertz CT molecular complexity index is 589. The Kier molecular flexibility index (Phi) is 6.65. The fourth-order valence-electron chi connectivity index (χ4n) is 1.82. The number of alkyl halides is 2. The SMILES string of the molecule is CBr.O=C(O)C(F)(c1cccc(Cl)c1)c1cccc(Cl)c1. The van der Waals surface area contributed by atoms with Crippen molar-refractivity contribution in [3.05, 3.63) is 69.7 Å². The van der Waals surface area contributed by atoms with Crippen LogP contribution in [0.5, 0.6) is 0 Å². The van der Waals surface area contributed by atoms with Gasteiger partial charge in [0.25, 0.3) is 5.67 Å². The van der Waals surface area contributed by atoms with E-state index in [0.717, 1.165) is 0 Å². The summed E-state index contributed by atoms with van der Waals surface area (Å²) in [5.41, 5.74) is -2.78. The molecule has 2 aromatic carbocycles. The summed E-state index contributed by atoms with van der Waals surface area (Å²) in [6.07, 6.45) is 0. The lowest BCUT2D eigenvalue weighted by molar-refractivity contribution is -0.148. The third kappa shape index (κ3) is 3.96. The van der Waals surface area contributed by atoms with E-state index in [1.54, 1.807) is 12.1 Å². The minimum absolute atomic E-state index is 0.0465. The van der Waals surface area contributed by atoms with E-state index in [9.17, 15) is 9.90 Å². The van der Waals surface area contributed by atoms with Gasteiger partial charge in [0.1, 0.15) is 0 Å². The second-order valence-electron chi connectivity index (χ2n) is 3.98. The molecule has 112 valence electrons. The maximum Gasteiger partial charge on any atom is 0.350 e. The molecule has 0 aliphatic carbocycles. The molecule has 21 heavy (non-hydrogen) atoms. The second-order valence-corrected chi connectivity index (χ2v) is 4.86. The van der Waals surface area contributed by atoms with E-state index < -0.39 is 11.6 Å². The van der Waals surface area contributed by atoms with Crippen molar-refractivity contribution in [3.8, 4) is 0 Å². The van der Waals surface area contributed by atoms with Crippen molar-refractivity contribution in [1.29, 1.82) is 0 Å². The van der Waals surface area contributed by atoms with E-state index in [1.165, 1.54) is 36.4 Å².